The maximum atomic E-state index is 4.59. The van der Waals surface area contributed by atoms with E-state index >= 15 is 0 Å². The molecule has 0 aliphatic carbocycles. The number of aromatic amines is 1. The van der Waals surface area contributed by atoms with Crippen LogP contribution in [0.1, 0.15) is 17.2 Å². The average Bonchev–Trinajstić information content (AvgIpc) is 3.14. The lowest BCUT2D eigenvalue weighted by Crippen LogP contribution is -1.96. The van der Waals surface area contributed by atoms with E-state index in [2.05, 4.69) is 44.5 Å². The molecule has 2 aromatic carbocycles. The lowest BCUT2D eigenvalue weighted by Gasteiger charge is -2.01. The number of rotatable bonds is 3. The zero-order chi connectivity index (χ0) is 16.5. The highest BCUT2D eigenvalue weighted by atomic mass is 15.4. The minimum absolute atomic E-state index is 0.768. The third-order valence-electron chi connectivity index (χ3n) is 4.06. The quantitative estimate of drug-likeness (QED) is 0.582. The number of nitrogens with one attached hydrogen (secondary N) is 1. The predicted octanol–water partition coefficient (Wildman–Crippen LogP) is 3.93. The first-order valence-electron chi connectivity index (χ1n) is 7.83. The Balaban J connectivity index is 1.90. The van der Waals surface area contributed by atoms with Crippen molar-refractivity contribution in [2.45, 2.75) is 13.8 Å². The molecule has 5 nitrogen and oxygen atoms in total. The molecule has 0 radical (unpaired) electrons. The summed E-state index contributed by atoms with van der Waals surface area (Å²) in [4.78, 5) is 3.51. The van der Waals surface area contributed by atoms with Crippen LogP contribution in [0.25, 0.3) is 22.2 Å². The molecule has 0 spiro atoms. The highest BCUT2D eigenvalue weighted by Crippen LogP contribution is 2.29. The Morgan fingerprint density at radius 2 is 1.58 bits per heavy atom. The SMILES string of the molecule is Cc1nnc(C)n1N=Cc1c(-c2ccccc2)[nH]c2ccccc12. The molecule has 24 heavy (non-hydrogen) atoms. The Bertz CT molecular complexity index is 1010. The molecule has 0 fully saturated rings. The van der Waals surface area contributed by atoms with Gasteiger partial charge < -0.3 is 4.98 Å². The molecule has 2 heterocycles. The summed E-state index contributed by atoms with van der Waals surface area (Å²) in [6.07, 6.45) is 1.88. The van der Waals surface area contributed by atoms with Gasteiger partial charge in [-0.05, 0) is 25.5 Å². The molecule has 4 rings (SSSR count). The van der Waals surface area contributed by atoms with E-state index in [9.17, 15) is 0 Å². The van der Waals surface area contributed by atoms with Crippen molar-refractivity contribution in [1.29, 1.82) is 0 Å². The second kappa shape index (κ2) is 5.77. The Labute approximate surface area is 139 Å². The highest BCUT2D eigenvalue weighted by Gasteiger charge is 2.11. The molecule has 1 N–H and O–H groups in total. The minimum atomic E-state index is 0.768. The summed E-state index contributed by atoms with van der Waals surface area (Å²) in [7, 11) is 0. The molecule has 4 aromatic rings. The summed E-state index contributed by atoms with van der Waals surface area (Å²) in [5.41, 5.74) is 4.34. The second-order valence-electron chi connectivity index (χ2n) is 5.68. The van der Waals surface area contributed by atoms with Gasteiger partial charge in [0.1, 0.15) is 0 Å². The first-order valence-corrected chi connectivity index (χ1v) is 7.83. The van der Waals surface area contributed by atoms with Crippen LogP contribution >= 0.6 is 0 Å². The molecule has 0 saturated heterocycles. The van der Waals surface area contributed by atoms with E-state index in [0.717, 1.165) is 39.4 Å². The van der Waals surface area contributed by atoms with Crippen molar-refractivity contribution in [3.8, 4) is 11.3 Å². The lowest BCUT2D eigenvalue weighted by molar-refractivity contribution is 0.799. The normalized spacial score (nSPS) is 11.6. The van der Waals surface area contributed by atoms with Crippen molar-refractivity contribution < 1.29 is 0 Å². The summed E-state index contributed by atoms with van der Waals surface area (Å²) in [6, 6.07) is 18.5. The van der Waals surface area contributed by atoms with Crippen LogP contribution in [-0.4, -0.2) is 26.1 Å². The van der Waals surface area contributed by atoms with Gasteiger partial charge in [-0.3, -0.25) is 0 Å². The van der Waals surface area contributed by atoms with Crippen molar-refractivity contribution in [2.75, 3.05) is 0 Å². The highest BCUT2D eigenvalue weighted by molar-refractivity contribution is 6.05. The van der Waals surface area contributed by atoms with Crippen molar-refractivity contribution in [3.63, 3.8) is 0 Å². The van der Waals surface area contributed by atoms with Gasteiger partial charge in [-0.2, -0.15) is 5.10 Å². The number of benzene rings is 2. The van der Waals surface area contributed by atoms with Crippen LogP contribution < -0.4 is 0 Å². The number of hydrogen-bond acceptors (Lipinski definition) is 3. The number of hydrogen-bond donors (Lipinski definition) is 1. The summed E-state index contributed by atoms with van der Waals surface area (Å²) < 4.78 is 1.75. The summed E-state index contributed by atoms with van der Waals surface area (Å²) >= 11 is 0. The van der Waals surface area contributed by atoms with Crippen LogP contribution in [0.4, 0.5) is 0 Å². The van der Waals surface area contributed by atoms with Gasteiger partial charge in [0.15, 0.2) is 11.6 Å². The fourth-order valence-electron chi connectivity index (χ4n) is 2.88. The van der Waals surface area contributed by atoms with Crippen molar-refractivity contribution in [1.82, 2.24) is 19.9 Å². The number of H-pyrrole nitrogens is 1. The van der Waals surface area contributed by atoms with Gasteiger partial charge >= 0.3 is 0 Å². The molecule has 0 amide bonds. The number of nitrogens with zero attached hydrogens (tertiary/aromatic N) is 4. The first-order chi connectivity index (χ1) is 11.7. The smallest absolute Gasteiger partial charge is 0.151 e. The fourth-order valence-corrected chi connectivity index (χ4v) is 2.88. The van der Waals surface area contributed by atoms with Crippen molar-refractivity contribution in [2.24, 2.45) is 5.10 Å². The van der Waals surface area contributed by atoms with Gasteiger partial charge in [-0.15, -0.1) is 10.2 Å². The summed E-state index contributed by atoms with van der Waals surface area (Å²) in [5.74, 6) is 1.54. The van der Waals surface area contributed by atoms with Crippen LogP contribution in [-0.2, 0) is 0 Å². The Hall–Kier alpha value is -3.21. The van der Waals surface area contributed by atoms with Gasteiger partial charge in [0.05, 0.1) is 11.9 Å². The molecule has 0 bridgehead atoms. The zero-order valence-corrected chi connectivity index (χ0v) is 13.6. The Morgan fingerprint density at radius 1 is 0.917 bits per heavy atom. The average molecular weight is 315 g/mol. The monoisotopic (exact) mass is 315 g/mol. The first kappa shape index (κ1) is 14.4. The van der Waals surface area contributed by atoms with E-state index in [1.54, 1.807) is 4.68 Å². The Kier molecular flexibility index (Phi) is 3.46. The number of aryl methyl sites for hydroxylation is 2. The third-order valence-corrected chi connectivity index (χ3v) is 4.06. The summed E-state index contributed by atoms with van der Waals surface area (Å²) in [5, 5.41) is 13.8. The van der Waals surface area contributed by atoms with Gasteiger partial charge in [-0.25, -0.2) is 4.68 Å². The van der Waals surface area contributed by atoms with Gasteiger partial charge in [0.25, 0.3) is 0 Å². The largest absolute Gasteiger partial charge is 0.354 e. The van der Waals surface area contributed by atoms with Crippen LogP contribution in [0.3, 0.4) is 0 Å². The molecule has 0 unspecified atom stereocenters. The molecule has 0 saturated carbocycles. The van der Waals surface area contributed by atoms with Crippen molar-refractivity contribution >= 4 is 17.1 Å². The van der Waals surface area contributed by atoms with Crippen LogP contribution in [0, 0.1) is 13.8 Å². The van der Waals surface area contributed by atoms with E-state index < -0.39 is 0 Å². The van der Waals surface area contributed by atoms with Crippen LogP contribution in [0.5, 0.6) is 0 Å². The molecule has 0 aliphatic heterocycles. The van der Waals surface area contributed by atoms with E-state index in [1.165, 1.54) is 0 Å². The maximum absolute atomic E-state index is 4.59. The molecule has 0 aliphatic rings. The molecule has 2 aromatic heterocycles. The molecule has 118 valence electrons. The third kappa shape index (κ3) is 2.40. The van der Waals surface area contributed by atoms with E-state index in [4.69, 9.17) is 0 Å². The molecular weight excluding hydrogens is 298 g/mol. The molecule has 0 atom stereocenters. The van der Waals surface area contributed by atoms with E-state index in [-0.39, 0.29) is 0 Å². The van der Waals surface area contributed by atoms with Crippen LogP contribution in [0.15, 0.2) is 59.7 Å². The van der Waals surface area contributed by atoms with E-state index in [0.29, 0.717) is 0 Å². The van der Waals surface area contributed by atoms with Gasteiger partial charge in [0.2, 0.25) is 0 Å². The standard InChI is InChI=1S/C19H17N5/c1-13-22-23-14(2)24(13)20-12-17-16-10-6-7-11-18(16)21-19(17)15-8-4-3-5-9-15/h3-12,21H,1-2H3. The summed E-state index contributed by atoms with van der Waals surface area (Å²) in [6.45, 7) is 3.79. The molecule has 5 heteroatoms. The van der Waals surface area contributed by atoms with E-state index in [1.807, 2.05) is 50.4 Å². The number of para-hydroxylation sites is 1. The number of aromatic nitrogens is 4. The predicted molar refractivity (Wildman–Crippen MR) is 96.2 cm³/mol. The van der Waals surface area contributed by atoms with Crippen molar-refractivity contribution in [3.05, 3.63) is 71.8 Å². The van der Waals surface area contributed by atoms with Crippen LogP contribution in [0.2, 0.25) is 0 Å². The maximum Gasteiger partial charge on any atom is 0.151 e. The molecular formula is C19H17N5. The Morgan fingerprint density at radius 3 is 2.33 bits per heavy atom. The van der Waals surface area contributed by atoms with Gasteiger partial charge in [0, 0.05) is 16.5 Å². The lowest BCUT2D eigenvalue weighted by atomic mass is 10.1. The minimum Gasteiger partial charge on any atom is -0.354 e. The zero-order valence-electron chi connectivity index (χ0n) is 13.6. The number of fused-ring (bicyclic) bond motifs is 1. The van der Waals surface area contributed by atoms with Gasteiger partial charge in [-0.1, -0.05) is 48.5 Å². The topological polar surface area (TPSA) is 58.9 Å². The second-order valence-corrected chi connectivity index (χ2v) is 5.68. The fraction of sp³-hybridized carbons (Fsp3) is 0.105.